The maximum Gasteiger partial charge on any atom is 0.226 e. The van der Waals surface area contributed by atoms with Crippen molar-refractivity contribution in [1.82, 2.24) is 4.98 Å². The van der Waals surface area contributed by atoms with Crippen LogP contribution < -0.4 is 0 Å². The molecule has 1 aliphatic carbocycles. The molecule has 1 saturated carbocycles. The molecule has 3 unspecified atom stereocenters. The van der Waals surface area contributed by atoms with Crippen LogP contribution in [0.15, 0.2) is 28.7 Å². The Bertz CT molecular complexity index is 695. The first-order chi connectivity index (χ1) is 12.0. The molecule has 25 heavy (non-hydrogen) atoms. The summed E-state index contributed by atoms with van der Waals surface area (Å²) >= 11 is 0. The van der Waals surface area contributed by atoms with E-state index in [0.717, 1.165) is 42.7 Å². The summed E-state index contributed by atoms with van der Waals surface area (Å²) < 4.78 is 17.4. The van der Waals surface area contributed by atoms with Gasteiger partial charge in [0.25, 0.3) is 0 Å². The van der Waals surface area contributed by atoms with Gasteiger partial charge in [-0.3, -0.25) is 0 Å². The number of benzene rings is 1. The number of aromatic nitrogens is 1. The lowest BCUT2D eigenvalue weighted by atomic mass is 9.95. The van der Waals surface area contributed by atoms with Crippen LogP contribution in [0, 0.1) is 13.8 Å². The number of hydrogen-bond donors (Lipinski definition) is 1. The summed E-state index contributed by atoms with van der Waals surface area (Å²) in [5.74, 6) is 1.43. The largest absolute Gasteiger partial charge is 0.441 e. The monoisotopic (exact) mass is 345 g/mol. The summed E-state index contributed by atoms with van der Waals surface area (Å²) in [6.45, 7) is 6.06. The molecule has 3 rings (SSSR count). The highest BCUT2D eigenvalue weighted by Crippen LogP contribution is 2.27. The number of hydrogen-bond acceptors (Lipinski definition) is 5. The third kappa shape index (κ3) is 4.91. The number of aryl methyl sites for hydroxylation is 2. The molecular formula is C20H27NO4. The molecule has 5 heteroatoms. The van der Waals surface area contributed by atoms with Gasteiger partial charge in [-0.15, -0.1) is 0 Å². The summed E-state index contributed by atoms with van der Waals surface area (Å²) in [7, 11) is 0. The second-order valence-corrected chi connectivity index (χ2v) is 6.85. The molecular weight excluding hydrogens is 318 g/mol. The first-order valence-electron chi connectivity index (χ1n) is 8.99. The Balaban J connectivity index is 1.60. The fraction of sp³-hybridized carbons (Fsp3) is 0.550. The SMILES string of the molecule is Cc1cccc(-c2nc(COC3CCCC(OC(C)O)C3)c(C)o2)c1. The molecule has 1 heterocycles. The average molecular weight is 345 g/mol. The van der Waals surface area contributed by atoms with Crippen LogP contribution in [0.5, 0.6) is 0 Å². The number of oxazole rings is 1. The zero-order chi connectivity index (χ0) is 17.8. The predicted molar refractivity (Wildman–Crippen MR) is 95.0 cm³/mol. The number of ether oxygens (including phenoxy) is 2. The van der Waals surface area contributed by atoms with E-state index in [0.29, 0.717) is 12.5 Å². The average Bonchev–Trinajstić information content (AvgIpc) is 2.94. The first kappa shape index (κ1) is 18.1. The van der Waals surface area contributed by atoms with Crippen LogP contribution in [0.3, 0.4) is 0 Å². The number of aliphatic hydroxyl groups excluding tert-OH is 1. The summed E-state index contributed by atoms with van der Waals surface area (Å²) in [6.07, 6.45) is 3.34. The standard InChI is InChI=1S/C20H27NO4/c1-13-6-4-7-16(10-13)20-21-19(14(2)24-20)12-23-17-8-5-9-18(11-17)25-15(3)22/h4,6-7,10,15,17-18,22H,5,8-9,11-12H2,1-3H3. The smallest absolute Gasteiger partial charge is 0.226 e. The zero-order valence-corrected chi connectivity index (χ0v) is 15.2. The highest BCUT2D eigenvalue weighted by Gasteiger charge is 2.25. The van der Waals surface area contributed by atoms with E-state index in [1.54, 1.807) is 6.92 Å². The van der Waals surface area contributed by atoms with E-state index in [1.807, 2.05) is 19.1 Å². The lowest BCUT2D eigenvalue weighted by molar-refractivity contribution is -0.148. The van der Waals surface area contributed by atoms with Gasteiger partial charge in [0.1, 0.15) is 11.5 Å². The van der Waals surface area contributed by atoms with Crippen LogP contribution in [-0.4, -0.2) is 28.6 Å². The van der Waals surface area contributed by atoms with Crippen molar-refractivity contribution in [3.8, 4) is 11.5 Å². The minimum atomic E-state index is -0.724. The van der Waals surface area contributed by atoms with Gasteiger partial charge >= 0.3 is 0 Å². The minimum absolute atomic E-state index is 0.0695. The molecule has 5 nitrogen and oxygen atoms in total. The maximum absolute atomic E-state index is 9.38. The van der Waals surface area contributed by atoms with E-state index >= 15 is 0 Å². The Kier molecular flexibility index (Phi) is 5.89. The molecule has 1 aromatic carbocycles. The normalized spacial score (nSPS) is 22.1. The first-order valence-corrected chi connectivity index (χ1v) is 8.99. The van der Waals surface area contributed by atoms with Gasteiger partial charge in [-0.2, -0.15) is 0 Å². The molecule has 0 amide bonds. The van der Waals surface area contributed by atoms with Gasteiger partial charge in [-0.05, 0) is 58.6 Å². The van der Waals surface area contributed by atoms with Gasteiger partial charge in [-0.1, -0.05) is 17.7 Å². The van der Waals surface area contributed by atoms with Gasteiger partial charge in [-0.25, -0.2) is 4.98 Å². The summed E-state index contributed by atoms with van der Waals surface area (Å²) in [5, 5.41) is 9.38. The predicted octanol–water partition coefficient (Wildman–Crippen LogP) is 4.14. The Labute approximate surface area is 149 Å². The van der Waals surface area contributed by atoms with Crippen LogP contribution in [0.25, 0.3) is 11.5 Å². The van der Waals surface area contributed by atoms with E-state index in [-0.39, 0.29) is 12.2 Å². The fourth-order valence-electron chi connectivity index (χ4n) is 3.32. The van der Waals surface area contributed by atoms with Crippen LogP contribution in [-0.2, 0) is 16.1 Å². The molecule has 2 aromatic rings. The molecule has 1 N–H and O–H groups in total. The van der Waals surface area contributed by atoms with Gasteiger partial charge in [0.2, 0.25) is 5.89 Å². The minimum Gasteiger partial charge on any atom is -0.441 e. The van der Waals surface area contributed by atoms with E-state index in [9.17, 15) is 5.11 Å². The van der Waals surface area contributed by atoms with Crippen LogP contribution >= 0.6 is 0 Å². The van der Waals surface area contributed by atoms with Crippen molar-refractivity contribution in [2.45, 2.75) is 71.6 Å². The number of nitrogens with zero attached hydrogens (tertiary/aromatic N) is 1. The molecule has 1 fully saturated rings. The second kappa shape index (κ2) is 8.13. The van der Waals surface area contributed by atoms with Crippen molar-refractivity contribution >= 4 is 0 Å². The van der Waals surface area contributed by atoms with Gasteiger partial charge in [0.05, 0.1) is 18.8 Å². The van der Waals surface area contributed by atoms with Crippen molar-refractivity contribution in [2.24, 2.45) is 0 Å². The molecule has 1 aliphatic rings. The Morgan fingerprint density at radius 1 is 1.28 bits per heavy atom. The highest BCUT2D eigenvalue weighted by molar-refractivity contribution is 5.54. The summed E-state index contributed by atoms with van der Waals surface area (Å²) in [5.41, 5.74) is 3.00. The Morgan fingerprint density at radius 3 is 2.84 bits per heavy atom. The Morgan fingerprint density at radius 2 is 2.08 bits per heavy atom. The Hall–Kier alpha value is -1.69. The quantitative estimate of drug-likeness (QED) is 0.797. The van der Waals surface area contributed by atoms with Crippen molar-refractivity contribution < 1.29 is 19.0 Å². The highest BCUT2D eigenvalue weighted by atomic mass is 16.6. The summed E-state index contributed by atoms with van der Waals surface area (Å²) in [6, 6.07) is 8.12. The molecule has 0 spiro atoms. The zero-order valence-electron chi connectivity index (χ0n) is 15.2. The summed E-state index contributed by atoms with van der Waals surface area (Å²) in [4.78, 5) is 4.61. The topological polar surface area (TPSA) is 64.7 Å². The van der Waals surface area contributed by atoms with Crippen molar-refractivity contribution in [1.29, 1.82) is 0 Å². The third-order valence-electron chi connectivity index (χ3n) is 4.58. The molecule has 0 aliphatic heterocycles. The molecule has 1 aromatic heterocycles. The molecule has 3 atom stereocenters. The van der Waals surface area contributed by atoms with Crippen molar-refractivity contribution in [2.75, 3.05) is 0 Å². The fourth-order valence-corrected chi connectivity index (χ4v) is 3.32. The second-order valence-electron chi connectivity index (χ2n) is 6.85. The van der Waals surface area contributed by atoms with Crippen LogP contribution in [0.1, 0.15) is 49.6 Å². The van der Waals surface area contributed by atoms with Crippen molar-refractivity contribution in [3.63, 3.8) is 0 Å². The third-order valence-corrected chi connectivity index (χ3v) is 4.58. The number of rotatable bonds is 6. The van der Waals surface area contributed by atoms with Gasteiger partial charge < -0.3 is 19.0 Å². The molecule has 0 saturated heterocycles. The van der Waals surface area contributed by atoms with E-state index in [1.165, 1.54) is 5.56 Å². The molecule has 0 bridgehead atoms. The molecule has 136 valence electrons. The van der Waals surface area contributed by atoms with Crippen LogP contribution in [0.4, 0.5) is 0 Å². The lowest BCUT2D eigenvalue weighted by Gasteiger charge is -2.29. The number of aliphatic hydroxyl groups is 1. The van der Waals surface area contributed by atoms with Gasteiger partial charge in [0, 0.05) is 5.56 Å². The van der Waals surface area contributed by atoms with Crippen molar-refractivity contribution in [3.05, 3.63) is 41.3 Å². The molecule has 0 radical (unpaired) electrons. The van der Waals surface area contributed by atoms with Crippen LogP contribution in [0.2, 0.25) is 0 Å². The van der Waals surface area contributed by atoms with E-state index in [2.05, 4.69) is 24.0 Å². The van der Waals surface area contributed by atoms with E-state index in [4.69, 9.17) is 13.9 Å². The van der Waals surface area contributed by atoms with E-state index < -0.39 is 6.29 Å². The lowest BCUT2D eigenvalue weighted by Crippen LogP contribution is -2.30. The van der Waals surface area contributed by atoms with Gasteiger partial charge in [0.15, 0.2) is 6.29 Å². The maximum atomic E-state index is 9.38.